The van der Waals surface area contributed by atoms with E-state index in [1.165, 1.54) is 7.11 Å². The maximum absolute atomic E-state index is 12.2. The van der Waals surface area contributed by atoms with Gasteiger partial charge in [0.25, 0.3) is 0 Å². The second-order valence-electron chi connectivity index (χ2n) is 4.95. The molecule has 2 aromatic carbocycles. The summed E-state index contributed by atoms with van der Waals surface area (Å²) >= 11 is 0. The Hall–Kier alpha value is -2.69. The number of carbonyl (C=O) groups excluding carboxylic acids is 1. The first-order valence-corrected chi connectivity index (χ1v) is 7.29. The van der Waals surface area contributed by atoms with Crippen LogP contribution in [-0.2, 0) is 16.0 Å². The quantitative estimate of drug-likeness (QED) is 0.796. The Morgan fingerprint density at radius 3 is 2.09 bits per heavy atom. The molecule has 2 aromatic rings. The minimum atomic E-state index is -0.549. The number of methoxy groups -OCH3 is 3. The molecule has 0 bridgehead atoms. The molecule has 0 aromatic heterocycles. The summed E-state index contributed by atoms with van der Waals surface area (Å²) in [5, 5.41) is 3.19. The van der Waals surface area contributed by atoms with Crippen molar-refractivity contribution in [2.75, 3.05) is 26.6 Å². The molecular formula is C18H21NO4. The van der Waals surface area contributed by atoms with Crippen molar-refractivity contribution in [3.8, 4) is 11.5 Å². The highest BCUT2D eigenvalue weighted by Gasteiger charge is 2.23. The van der Waals surface area contributed by atoms with Crippen LogP contribution in [0.1, 0.15) is 5.56 Å². The monoisotopic (exact) mass is 315 g/mol. The summed E-state index contributed by atoms with van der Waals surface area (Å²) in [5.41, 5.74) is 1.66. The van der Waals surface area contributed by atoms with Crippen molar-refractivity contribution < 1.29 is 19.0 Å². The normalized spacial score (nSPS) is 11.4. The van der Waals surface area contributed by atoms with Gasteiger partial charge < -0.3 is 19.5 Å². The molecule has 23 heavy (non-hydrogen) atoms. The lowest BCUT2D eigenvalue weighted by atomic mass is 10.1. The summed E-state index contributed by atoms with van der Waals surface area (Å²) in [6, 6.07) is 14.6. The SMILES string of the molecule is COC(=O)C(Cc1ccccc1)Nc1c(OC)cccc1OC. The minimum Gasteiger partial charge on any atom is -0.494 e. The number of para-hydroxylation sites is 1. The Labute approximate surface area is 136 Å². The minimum absolute atomic E-state index is 0.346. The summed E-state index contributed by atoms with van der Waals surface area (Å²) < 4.78 is 15.6. The van der Waals surface area contributed by atoms with Crippen LogP contribution < -0.4 is 14.8 Å². The smallest absolute Gasteiger partial charge is 0.328 e. The first-order valence-electron chi connectivity index (χ1n) is 7.29. The van der Waals surface area contributed by atoms with E-state index in [-0.39, 0.29) is 5.97 Å². The third-order valence-corrected chi connectivity index (χ3v) is 3.51. The predicted octanol–water partition coefficient (Wildman–Crippen LogP) is 2.90. The van der Waals surface area contributed by atoms with E-state index in [0.29, 0.717) is 23.6 Å². The molecule has 0 spiro atoms. The van der Waals surface area contributed by atoms with Crippen molar-refractivity contribution in [2.24, 2.45) is 0 Å². The molecular weight excluding hydrogens is 294 g/mol. The zero-order chi connectivity index (χ0) is 16.7. The highest BCUT2D eigenvalue weighted by atomic mass is 16.5. The van der Waals surface area contributed by atoms with E-state index in [0.717, 1.165) is 5.56 Å². The fourth-order valence-corrected chi connectivity index (χ4v) is 2.35. The third-order valence-electron chi connectivity index (χ3n) is 3.51. The molecule has 0 heterocycles. The van der Waals surface area contributed by atoms with Gasteiger partial charge in [0.1, 0.15) is 23.2 Å². The van der Waals surface area contributed by atoms with E-state index in [9.17, 15) is 4.79 Å². The zero-order valence-electron chi connectivity index (χ0n) is 13.5. The van der Waals surface area contributed by atoms with Crippen LogP contribution >= 0.6 is 0 Å². The number of hydrogen-bond acceptors (Lipinski definition) is 5. The number of hydrogen-bond donors (Lipinski definition) is 1. The molecule has 0 fully saturated rings. The Kier molecular flexibility index (Phi) is 5.86. The number of ether oxygens (including phenoxy) is 3. The van der Waals surface area contributed by atoms with Gasteiger partial charge in [-0.15, -0.1) is 0 Å². The highest BCUT2D eigenvalue weighted by molar-refractivity contribution is 5.81. The van der Waals surface area contributed by atoms with Gasteiger partial charge in [0, 0.05) is 6.42 Å². The summed E-state index contributed by atoms with van der Waals surface area (Å²) in [6.07, 6.45) is 0.495. The van der Waals surface area contributed by atoms with Crippen molar-refractivity contribution in [2.45, 2.75) is 12.5 Å². The number of carbonyl (C=O) groups is 1. The van der Waals surface area contributed by atoms with Crippen LogP contribution in [0.4, 0.5) is 5.69 Å². The Morgan fingerprint density at radius 2 is 1.57 bits per heavy atom. The van der Waals surface area contributed by atoms with E-state index < -0.39 is 6.04 Å². The number of rotatable bonds is 7. The summed E-state index contributed by atoms with van der Waals surface area (Å²) in [4.78, 5) is 12.2. The molecule has 2 rings (SSSR count). The number of nitrogens with one attached hydrogen (secondary N) is 1. The van der Waals surface area contributed by atoms with Gasteiger partial charge >= 0.3 is 5.97 Å². The predicted molar refractivity (Wildman–Crippen MR) is 89.1 cm³/mol. The molecule has 0 aliphatic rings. The van der Waals surface area contributed by atoms with Crippen molar-refractivity contribution in [3.63, 3.8) is 0 Å². The van der Waals surface area contributed by atoms with Crippen LogP contribution in [-0.4, -0.2) is 33.3 Å². The van der Waals surface area contributed by atoms with Crippen molar-refractivity contribution in [1.82, 2.24) is 0 Å². The second kappa shape index (κ2) is 8.08. The van der Waals surface area contributed by atoms with E-state index in [1.807, 2.05) is 48.5 Å². The molecule has 0 saturated carbocycles. The summed E-state index contributed by atoms with van der Waals surface area (Å²) in [5.74, 6) is 0.861. The van der Waals surface area contributed by atoms with Gasteiger partial charge in [0.15, 0.2) is 0 Å². The van der Waals surface area contributed by atoms with Gasteiger partial charge in [-0.25, -0.2) is 4.79 Å². The topological polar surface area (TPSA) is 56.8 Å². The summed E-state index contributed by atoms with van der Waals surface area (Å²) in [6.45, 7) is 0. The van der Waals surface area contributed by atoms with Gasteiger partial charge in [0.05, 0.1) is 21.3 Å². The van der Waals surface area contributed by atoms with Crippen LogP contribution in [0.2, 0.25) is 0 Å². The molecule has 1 unspecified atom stereocenters. The second-order valence-corrected chi connectivity index (χ2v) is 4.95. The van der Waals surface area contributed by atoms with Crippen molar-refractivity contribution in [3.05, 3.63) is 54.1 Å². The van der Waals surface area contributed by atoms with Gasteiger partial charge in [0.2, 0.25) is 0 Å². The Bertz CT molecular complexity index is 620. The fourth-order valence-electron chi connectivity index (χ4n) is 2.35. The largest absolute Gasteiger partial charge is 0.494 e. The standard InChI is InChI=1S/C18H21NO4/c1-21-15-10-7-11-16(22-2)17(15)19-14(18(20)23-3)12-13-8-5-4-6-9-13/h4-11,14,19H,12H2,1-3H3. The molecule has 1 atom stereocenters. The maximum Gasteiger partial charge on any atom is 0.328 e. The number of benzene rings is 2. The molecule has 0 amide bonds. The maximum atomic E-state index is 12.2. The van der Waals surface area contributed by atoms with Crippen LogP contribution in [0, 0.1) is 0 Å². The Morgan fingerprint density at radius 1 is 0.957 bits per heavy atom. The molecule has 122 valence electrons. The fraction of sp³-hybridized carbons (Fsp3) is 0.278. The molecule has 5 nitrogen and oxygen atoms in total. The molecule has 0 aliphatic carbocycles. The van der Waals surface area contributed by atoms with Gasteiger partial charge in [-0.1, -0.05) is 36.4 Å². The van der Waals surface area contributed by atoms with Gasteiger partial charge in [-0.05, 0) is 17.7 Å². The summed E-state index contributed by atoms with van der Waals surface area (Å²) in [7, 11) is 4.52. The van der Waals surface area contributed by atoms with E-state index in [2.05, 4.69) is 5.32 Å². The zero-order valence-corrected chi connectivity index (χ0v) is 13.5. The van der Waals surface area contributed by atoms with E-state index in [1.54, 1.807) is 14.2 Å². The molecule has 1 N–H and O–H groups in total. The van der Waals surface area contributed by atoms with Crippen LogP contribution in [0.3, 0.4) is 0 Å². The first-order chi connectivity index (χ1) is 11.2. The Balaban J connectivity index is 2.30. The lowest BCUT2D eigenvalue weighted by Crippen LogP contribution is -2.33. The molecule has 0 radical (unpaired) electrons. The molecule has 0 saturated heterocycles. The van der Waals surface area contributed by atoms with Crippen LogP contribution in [0.15, 0.2) is 48.5 Å². The lowest BCUT2D eigenvalue weighted by Gasteiger charge is -2.21. The van der Waals surface area contributed by atoms with Crippen LogP contribution in [0.25, 0.3) is 0 Å². The number of esters is 1. The average Bonchev–Trinajstić information content (AvgIpc) is 2.61. The lowest BCUT2D eigenvalue weighted by molar-refractivity contribution is -0.141. The van der Waals surface area contributed by atoms with Crippen LogP contribution in [0.5, 0.6) is 11.5 Å². The molecule has 0 aliphatic heterocycles. The number of anilines is 1. The van der Waals surface area contributed by atoms with E-state index >= 15 is 0 Å². The third kappa shape index (κ3) is 4.16. The van der Waals surface area contributed by atoms with Crippen molar-refractivity contribution in [1.29, 1.82) is 0 Å². The average molecular weight is 315 g/mol. The van der Waals surface area contributed by atoms with Gasteiger partial charge in [-0.2, -0.15) is 0 Å². The highest BCUT2D eigenvalue weighted by Crippen LogP contribution is 2.35. The molecule has 5 heteroatoms. The van der Waals surface area contributed by atoms with Crippen molar-refractivity contribution >= 4 is 11.7 Å². The van der Waals surface area contributed by atoms with Gasteiger partial charge in [-0.3, -0.25) is 0 Å². The van der Waals surface area contributed by atoms with E-state index in [4.69, 9.17) is 14.2 Å². The first kappa shape index (κ1) is 16.7.